The average Bonchev–Trinajstić information content (AvgIpc) is 2.93. The zero-order chi connectivity index (χ0) is 17.8. The molecule has 0 saturated carbocycles. The van der Waals surface area contributed by atoms with Crippen LogP contribution in [0.4, 0.5) is 0 Å². The summed E-state index contributed by atoms with van der Waals surface area (Å²) in [7, 11) is 3.85. The molecule has 2 aromatic rings. The monoisotopic (exact) mass is 342 g/mol. The van der Waals surface area contributed by atoms with Crippen LogP contribution in [0.3, 0.4) is 0 Å². The molecule has 0 saturated heterocycles. The molecule has 0 spiro atoms. The largest absolute Gasteiger partial charge is 0.388 e. The smallest absolute Gasteiger partial charge is 0.274 e. The van der Waals surface area contributed by atoms with Gasteiger partial charge in [-0.1, -0.05) is 30.3 Å². The standard InChI is InChI=1S/C19H26N4O2/c1-21-10-6-11-23-16(14-21)13-17(20-23)19(25)22(2)12-9-18(24)15-7-4-3-5-8-15/h3-5,7-8,13,18,24H,6,9-12,14H2,1-2H3/t18-/m0/s1. The van der Waals surface area contributed by atoms with Gasteiger partial charge in [-0.2, -0.15) is 5.10 Å². The summed E-state index contributed by atoms with van der Waals surface area (Å²) in [5.74, 6) is -0.0940. The zero-order valence-corrected chi connectivity index (χ0v) is 14.9. The maximum absolute atomic E-state index is 12.6. The molecular formula is C19H26N4O2. The van der Waals surface area contributed by atoms with E-state index in [1.54, 1.807) is 11.9 Å². The van der Waals surface area contributed by atoms with E-state index in [2.05, 4.69) is 17.0 Å². The fraction of sp³-hybridized carbons (Fsp3) is 0.474. The van der Waals surface area contributed by atoms with Crippen molar-refractivity contribution in [3.8, 4) is 0 Å². The second-order valence-corrected chi connectivity index (χ2v) is 6.78. The number of fused-ring (bicyclic) bond motifs is 1. The highest BCUT2D eigenvalue weighted by Gasteiger charge is 2.21. The first-order valence-electron chi connectivity index (χ1n) is 8.78. The number of aromatic nitrogens is 2. The van der Waals surface area contributed by atoms with Crippen LogP contribution in [0.1, 0.15) is 40.7 Å². The van der Waals surface area contributed by atoms with Crippen molar-refractivity contribution >= 4 is 5.91 Å². The Bertz CT molecular complexity index is 713. The number of hydrogen-bond acceptors (Lipinski definition) is 4. The Hall–Kier alpha value is -2.18. The van der Waals surface area contributed by atoms with Crippen LogP contribution < -0.4 is 0 Å². The fourth-order valence-corrected chi connectivity index (χ4v) is 3.18. The lowest BCUT2D eigenvalue weighted by Gasteiger charge is -2.18. The third-order valence-electron chi connectivity index (χ3n) is 4.69. The molecule has 6 heteroatoms. The van der Waals surface area contributed by atoms with Gasteiger partial charge in [0.1, 0.15) is 0 Å². The van der Waals surface area contributed by atoms with Crippen LogP contribution in [-0.2, 0) is 13.1 Å². The van der Waals surface area contributed by atoms with Crippen molar-refractivity contribution in [3.63, 3.8) is 0 Å². The first kappa shape index (κ1) is 17.6. The molecule has 0 aliphatic carbocycles. The van der Waals surface area contributed by atoms with Gasteiger partial charge in [0.25, 0.3) is 5.91 Å². The van der Waals surface area contributed by atoms with Gasteiger partial charge in [-0.25, -0.2) is 0 Å². The second kappa shape index (κ2) is 7.80. The van der Waals surface area contributed by atoms with Crippen LogP contribution >= 0.6 is 0 Å². The molecular weight excluding hydrogens is 316 g/mol. The van der Waals surface area contributed by atoms with E-state index in [0.717, 1.165) is 37.3 Å². The molecule has 6 nitrogen and oxygen atoms in total. The summed E-state index contributed by atoms with van der Waals surface area (Å²) in [4.78, 5) is 16.5. The molecule has 1 atom stereocenters. The van der Waals surface area contributed by atoms with E-state index in [0.29, 0.717) is 18.7 Å². The lowest BCUT2D eigenvalue weighted by molar-refractivity contribution is 0.0754. The van der Waals surface area contributed by atoms with Crippen molar-refractivity contribution in [2.75, 3.05) is 27.2 Å². The topological polar surface area (TPSA) is 61.6 Å². The van der Waals surface area contributed by atoms with Crippen LogP contribution in [0.25, 0.3) is 0 Å². The Kier molecular flexibility index (Phi) is 5.50. The normalized spacial score (nSPS) is 16.1. The number of carbonyl (C=O) groups excluding carboxylic acids is 1. The van der Waals surface area contributed by atoms with Gasteiger partial charge < -0.3 is 14.9 Å². The summed E-state index contributed by atoms with van der Waals surface area (Å²) in [6, 6.07) is 11.4. The number of carbonyl (C=O) groups is 1. The van der Waals surface area contributed by atoms with Crippen LogP contribution in [0.2, 0.25) is 0 Å². The lowest BCUT2D eigenvalue weighted by atomic mass is 10.1. The SMILES string of the molecule is CN1CCCn2nc(C(=O)N(C)CC[C@H](O)c3ccccc3)cc2C1. The molecule has 134 valence electrons. The molecule has 0 fully saturated rings. The molecule has 1 aliphatic rings. The Morgan fingerprint density at radius 1 is 1.32 bits per heavy atom. The van der Waals surface area contributed by atoms with Crippen LogP contribution in [0.5, 0.6) is 0 Å². The summed E-state index contributed by atoms with van der Waals surface area (Å²) in [5, 5.41) is 14.7. The van der Waals surface area contributed by atoms with Gasteiger partial charge in [0.05, 0.1) is 11.8 Å². The van der Waals surface area contributed by atoms with Gasteiger partial charge in [-0.15, -0.1) is 0 Å². The number of aryl methyl sites for hydroxylation is 1. The van der Waals surface area contributed by atoms with Crippen LogP contribution in [0.15, 0.2) is 36.4 Å². The molecule has 2 heterocycles. The first-order chi connectivity index (χ1) is 12.0. The van der Waals surface area contributed by atoms with E-state index < -0.39 is 6.10 Å². The predicted octanol–water partition coefficient (Wildman–Crippen LogP) is 1.91. The highest BCUT2D eigenvalue weighted by atomic mass is 16.3. The van der Waals surface area contributed by atoms with E-state index in [-0.39, 0.29) is 5.91 Å². The molecule has 1 aliphatic heterocycles. The molecule has 3 rings (SSSR count). The Morgan fingerprint density at radius 3 is 2.84 bits per heavy atom. The van der Waals surface area contributed by atoms with Gasteiger partial charge >= 0.3 is 0 Å². The van der Waals surface area contributed by atoms with Crippen molar-refractivity contribution in [3.05, 3.63) is 53.3 Å². The highest BCUT2D eigenvalue weighted by Crippen LogP contribution is 2.17. The molecule has 0 bridgehead atoms. The van der Waals surface area contributed by atoms with E-state index in [4.69, 9.17) is 0 Å². The Morgan fingerprint density at radius 2 is 2.08 bits per heavy atom. The third-order valence-corrected chi connectivity index (χ3v) is 4.69. The number of nitrogens with zero attached hydrogens (tertiary/aromatic N) is 4. The van der Waals surface area contributed by atoms with Gasteiger partial charge in [0.2, 0.25) is 0 Å². The molecule has 1 N–H and O–H groups in total. The average molecular weight is 342 g/mol. The first-order valence-corrected chi connectivity index (χ1v) is 8.78. The van der Waals surface area contributed by atoms with Gasteiger partial charge in [-0.05, 0) is 31.5 Å². The van der Waals surface area contributed by atoms with E-state index >= 15 is 0 Å². The second-order valence-electron chi connectivity index (χ2n) is 6.78. The van der Waals surface area contributed by atoms with Crippen molar-refractivity contribution in [2.45, 2.75) is 32.0 Å². The minimum atomic E-state index is -0.566. The molecule has 1 amide bonds. The number of rotatable bonds is 5. The van der Waals surface area contributed by atoms with E-state index in [1.165, 1.54) is 0 Å². The number of aliphatic hydroxyl groups excluding tert-OH is 1. The zero-order valence-electron chi connectivity index (χ0n) is 14.9. The quantitative estimate of drug-likeness (QED) is 0.902. The summed E-state index contributed by atoms with van der Waals surface area (Å²) in [5.41, 5.74) is 2.45. The van der Waals surface area contributed by atoms with Crippen molar-refractivity contribution in [1.29, 1.82) is 0 Å². The summed E-state index contributed by atoms with van der Waals surface area (Å²) in [6.07, 6.45) is 0.976. The molecule has 1 aromatic carbocycles. The molecule has 0 radical (unpaired) electrons. The minimum Gasteiger partial charge on any atom is -0.388 e. The van der Waals surface area contributed by atoms with Crippen molar-refractivity contribution in [1.82, 2.24) is 19.6 Å². The number of hydrogen-bond donors (Lipinski definition) is 1. The van der Waals surface area contributed by atoms with E-state index in [1.807, 2.05) is 41.1 Å². The minimum absolute atomic E-state index is 0.0940. The molecule has 1 aromatic heterocycles. The summed E-state index contributed by atoms with van der Waals surface area (Å²) in [6.45, 7) is 3.20. The maximum atomic E-state index is 12.6. The molecule has 0 unspecified atom stereocenters. The van der Waals surface area contributed by atoms with Gasteiger partial charge in [-0.3, -0.25) is 9.48 Å². The predicted molar refractivity (Wildman–Crippen MR) is 96.2 cm³/mol. The van der Waals surface area contributed by atoms with Crippen LogP contribution in [0, 0.1) is 0 Å². The van der Waals surface area contributed by atoms with Crippen molar-refractivity contribution < 1.29 is 9.90 Å². The van der Waals surface area contributed by atoms with Crippen LogP contribution in [-0.4, -0.2) is 57.8 Å². The molecule has 25 heavy (non-hydrogen) atoms. The Labute approximate surface area is 148 Å². The number of benzene rings is 1. The van der Waals surface area contributed by atoms with Gasteiger partial charge in [0.15, 0.2) is 5.69 Å². The summed E-state index contributed by atoms with van der Waals surface area (Å²) >= 11 is 0. The van der Waals surface area contributed by atoms with E-state index in [9.17, 15) is 9.90 Å². The highest BCUT2D eigenvalue weighted by molar-refractivity contribution is 5.92. The lowest BCUT2D eigenvalue weighted by Crippen LogP contribution is -2.29. The maximum Gasteiger partial charge on any atom is 0.274 e. The van der Waals surface area contributed by atoms with Gasteiger partial charge in [0, 0.05) is 33.2 Å². The number of aliphatic hydroxyl groups is 1. The Balaban J connectivity index is 1.60. The third kappa shape index (κ3) is 4.27. The van der Waals surface area contributed by atoms with Crippen molar-refractivity contribution in [2.24, 2.45) is 0 Å². The summed E-state index contributed by atoms with van der Waals surface area (Å²) < 4.78 is 1.95. The fourth-order valence-electron chi connectivity index (χ4n) is 3.18. The number of amides is 1.